The van der Waals surface area contributed by atoms with Crippen molar-refractivity contribution >= 4 is 34.2 Å². The maximum absolute atomic E-state index is 13.0. The van der Waals surface area contributed by atoms with Crippen LogP contribution in [0.25, 0.3) is 11.5 Å². The van der Waals surface area contributed by atoms with E-state index in [2.05, 4.69) is 50.7 Å². The Balaban J connectivity index is 1.41. The van der Waals surface area contributed by atoms with Crippen LogP contribution in [0.3, 0.4) is 0 Å². The fourth-order valence-corrected chi connectivity index (χ4v) is 4.44. The second kappa shape index (κ2) is 8.89. The fourth-order valence-electron chi connectivity index (χ4n) is 3.88. The zero-order valence-electron chi connectivity index (χ0n) is 18.3. The topological polar surface area (TPSA) is 68.4 Å². The number of rotatable bonds is 5. The van der Waals surface area contributed by atoms with Gasteiger partial charge in [-0.05, 0) is 48.6 Å². The molecule has 3 heterocycles. The summed E-state index contributed by atoms with van der Waals surface area (Å²) in [5.41, 5.74) is 4.01. The van der Waals surface area contributed by atoms with Crippen molar-refractivity contribution in [2.45, 2.75) is 20.4 Å². The van der Waals surface area contributed by atoms with Crippen LogP contribution < -0.4 is 9.64 Å². The highest BCUT2D eigenvalue weighted by atomic mass is 127. The predicted octanol–water partition coefficient (Wildman–Crippen LogP) is 2.86. The number of anilines is 1. The first kappa shape index (κ1) is 21.7. The molecule has 1 fully saturated rings. The molecule has 31 heavy (non-hydrogen) atoms. The molecule has 0 saturated carbocycles. The molecule has 1 aromatic carbocycles. The van der Waals surface area contributed by atoms with Gasteiger partial charge in [0.1, 0.15) is 18.0 Å². The Morgan fingerprint density at radius 2 is 1.94 bits per heavy atom. The smallest absolute Gasteiger partial charge is 0.244 e. The van der Waals surface area contributed by atoms with Crippen molar-refractivity contribution in [3.05, 3.63) is 45.4 Å². The molecule has 3 aromatic rings. The molecule has 0 radical (unpaired) electrons. The van der Waals surface area contributed by atoms with E-state index in [1.807, 2.05) is 36.6 Å². The molecule has 1 aliphatic heterocycles. The average Bonchev–Trinajstić information content (AvgIpc) is 3.32. The molecule has 0 unspecified atom stereocenters. The van der Waals surface area contributed by atoms with E-state index >= 15 is 0 Å². The van der Waals surface area contributed by atoms with Crippen LogP contribution in [0, 0.1) is 17.4 Å². The number of ether oxygens (including phenoxy) is 1. The Hall–Kier alpha value is -2.56. The number of aryl methyl sites for hydroxylation is 1. The number of amides is 1. The van der Waals surface area contributed by atoms with Crippen LogP contribution in [-0.4, -0.2) is 63.4 Å². The maximum Gasteiger partial charge on any atom is 0.244 e. The molecule has 0 atom stereocenters. The Bertz CT molecular complexity index is 1100. The lowest BCUT2D eigenvalue weighted by atomic mass is 10.2. The molecule has 0 aliphatic carbocycles. The third kappa shape index (κ3) is 4.28. The van der Waals surface area contributed by atoms with E-state index in [-0.39, 0.29) is 12.5 Å². The number of piperazine rings is 1. The van der Waals surface area contributed by atoms with Crippen molar-refractivity contribution in [3.63, 3.8) is 0 Å². The van der Waals surface area contributed by atoms with E-state index in [1.165, 1.54) is 0 Å². The van der Waals surface area contributed by atoms with Gasteiger partial charge in [0, 0.05) is 68.6 Å². The molecule has 2 aromatic heterocycles. The summed E-state index contributed by atoms with van der Waals surface area (Å²) in [6.07, 6.45) is 3.66. The standard InChI is InChI=1S/C22H27IN6O2/c1-15-16(2)29(25-21(15)22-24-7-8-26(22)3)14-20(30)28-11-9-27(10-12-28)17-5-6-18(23)19(13-17)31-4/h5-8,13H,9-12,14H2,1-4H3. The van der Waals surface area contributed by atoms with Gasteiger partial charge in [-0.15, -0.1) is 0 Å². The molecule has 4 rings (SSSR count). The summed E-state index contributed by atoms with van der Waals surface area (Å²) in [7, 11) is 3.64. The molecular formula is C22H27IN6O2. The molecule has 1 aliphatic rings. The van der Waals surface area contributed by atoms with Crippen LogP contribution in [-0.2, 0) is 18.4 Å². The summed E-state index contributed by atoms with van der Waals surface area (Å²) in [6, 6.07) is 6.24. The Kier molecular flexibility index (Phi) is 6.22. The number of aromatic nitrogens is 4. The second-order valence-corrected chi connectivity index (χ2v) is 8.93. The van der Waals surface area contributed by atoms with Crippen LogP contribution in [0.1, 0.15) is 11.3 Å². The average molecular weight is 534 g/mol. The normalized spacial score (nSPS) is 14.2. The van der Waals surface area contributed by atoms with Gasteiger partial charge in [-0.3, -0.25) is 9.48 Å². The molecule has 1 saturated heterocycles. The van der Waals surface area contributed by atoms with Crippen LogP contribution in [0.2, 0.25) is 0 Å². The van der Waals surface area contributed by atoms with E-state index in [1.54, 1.807) is 18.0 Å². The van der Waals surface area contributed by atoms with E-state index in [9.17, 15) is 4.79 Å². The number of carbonyl (C=O) groups is 1. The van der Waals surface area contributed by atoms with Crippen molar-refractivity contribution in [1.29, 1.82) is 0 Å². The highest BCUT2D eigenvalue weighted by Crippen LogP contribution is 2.28. The monoisotopic (exact) mass is 534 g/mol. The number of imidazole rings is 1. The fraction of sp³-hybridized carbons (Fsp3) is 0.409. The number of methoxy groups -OCH3 is 1. The van der Waals surface area contributed by atoms with E-state index < -0.39 is 0 Å². The van der Waals surface area contributed by atoms with Gasteiger partial charge < -0.3 is 19.1 Å². The highest BCUT2D eigenvalue weighted by molar-refractivity contribution is 14.1. The number of hydrogen-bond acceptors (Lipinski definition) is 5. The third-order valence-electron chi connectivity index (χ3n) is 5.96. The molecule has 0 spiro atoms. The zero-order valence-corrected chi connectivity index (χ0v) is 20.5. The van der Waals surface area contributed by atoms with E-state index in [4.69, 9.17) is 9.84 Å². The number of hydrogen-bond donors (Lipinski definition) is 0. The van der Waals surface area contributed by atoms with Gasteiger partial charge in [-0.1, -0.05) is 0 Å². The van der Waals surface area contributed by atoms with Gasteiger partial charge in [-0.2, -0.15) is 5.10 Å². The molecule has 1 amide bonds. The molecule has 0 N–H and O–H groups in total. The number of carbonyl (C=O) groups excluding carboxylic acids is 1. The van der Waals surface area contributed by atoms with Gasteiger partial charge in [0.05, 0.1) is 10.7 Å². The minimum atomic E-state index is 0.0943. The van der Waals surface area contributed by atoms with Gasteiger partial charge >= 0.3 is 0 Å². The van der Waals surface area contributed by atoms with Crippen molar-refractivity contribution in [2.24, 2.45) is 7.05 Å². The minimum absolute atomic E-state index is 0.0943. The molecule has 0 bridgehead atoms. The van der Waals surface area contributed by atoms with Crippen molar-refractivity contribution in [1.82, 2.24) is 24.2 Å². The Morgan fingerprint density at radius 1 is 1.19 bits per heavy atom. The van der Waals surface area contributed by atoms with Crippen LogP contribution in [0.4, 0.5) is 5.69 Å². The van der Waals surface area contributed by atoms with Gasteiger partial charge in [-0.25, -0.2) is 4.98 Å². The van der Waals surface area contributed by atoms with Gasteiger partial charge in [0.2, 0.25) is 5.91 Å². The summed E-state index contributed by atoms with van der Waals surface area (Å²) in [5.74, 6) is 1.79. The minimum Gasteiger partial charge on any atom is -0.496 e. The SMILES string of the molecule is COc1cc(N2CCN(C(=O)Cn3nc(-c4nccn4C)c(C)c3C)CC2)ccc1I. The number of nitrogens with zero attached hydrogens (tertiary/aromatic N) is 6. The quantitative estimate of drug-likeness (QED) is 0.472. The molecule has 164 valence electrons. The maximum atomic E-state index is 13.0. The van der Waals surface area contributed by atoms with Crippen molar-refractivity contribution < 1.29 is 9.53 Å². The Morgan fingerprint density at radius 3 is 2.58 bits per heavy atom. The van der Waals surface area contributed by atoms with Gasteiger partial charge in [0.25, 0.3) is 0 Å². The Labute approximate surface area is 195 Å². The van der Waals surface area contributed by atoms with Crippen LogP contribution >= 0.6 is 22.6 Å². The molecular weight excluding hydrogens is 507 g/mol. The first-order valence-electron chi connectivity index (χ1n) is 10.3. The molecule has 8 nitrogen and oxygen atoms in total. The zero-order chi connectivity index (χ0) is 22.1. The summed E-state index contributed by atoms with van der Waals surface area (Å²) in [4.78, 5) is 21.6. The first-order valence-corrected chi connectivity index (χ1v) is 11.3. The van der Waals surface area contributed by atoms with Crippen LogP contribution in [0.5, 0.6) is 5.75 Å². The van der Waals surface area contributed by atoms with Crippen molar-refractivity contribution in [2.75, 3.05) is 38.2 Å². The number of benzene rings is 1. The van der Waals surface area contributed by atoms with E-state index in [0.29, 0.717) is 13.1 Å². The summed E-state index contributed by atoms with van der Waals surface area (Å²) < 4.78 is 10.3. The lowest BCUT2D eigenvalue weighted by molar-refractivity contribution is -0.132. The second-order valence-electron chi connectivity index (χ2n) is 7.77. The van der Waals surface area contributed by atoms with E-state index in [0.717, 1.165) is 50.9 Å². The van der Waals surface area contributed by atoms with Crippen LogP contribution in [0.15, 0.2) is 30.6 Å². The number of halogens is 1. The third-order valence-corrected chi connectivity index (χ3v) is 6.85. The summed E-state index contributed by atoms with van der Waals surface area (Å²) in [6.45, 7) is 7.26. The highest BCUT2D eigenvalue weighted by Gasteiger charge is 2.24. The summed E-state index contributed by atoms with van der Waals surface area (Å²) in [5, 5.41) is 4.70. The lowest BCUT2D eigenvalue weighted by Crippen LogP contribution is -2.49. The lowest BCUT2D eigenvalue weighted by Gasteiger charge is -2.36. The predicted molar refractivity (Wildman–Crippen MR) is 128 cm³/mol. The first-order chi connectivity index (χ1) is 14.9. The van der Waals surface area contributed by atoms with Crippen molar-refractivity contribution in [3.8, 4) is 17.3 Å². The van der Waals surface area contributed by atoms with Gasteiger partial charge in [0.15, 0.2) is 5.82 Å². The molecule has 9 heteroatoms. The largest absolute Gasteiger partial charge is 0.496 e. The summed E-state index contributed by atoms with van der Waals surface area (Å²) >= 11 is 2.27.